The number of nitrogens with zero attached hydrogens (tertiary/aromatic N) is 2. The minimum Gasteiger partial charge on any atom is -0.383 e. The lowest BCUT2D eigenvalue weighted by molar-refractivity contribution is -0.118. The highest BCUT2D eigenvalue weighted by Gasteiger charge is 2.48. The normalized spacial score (nSPS) is 25.6. The van der Waals surface area contributed by atoms with Crippen LogP contribution in [0.4, 0.5) is 0 Å². The van der Waals surface area contributed by atoms with Crippen molar-refractivity contribution in [1.29, 1.82) is 0 Å². The Kier molecular flexibility index (Phi) is 3.62. The standard InChI is InChI=1S/C12H22N2O2/c1-11(15)9-13-5-7-14(8-6-13)12(3-4-12)10-16-2/h3-10H2,1-2H3. The summed E-state index contributed by atoms with van der Waals surface area (Å²) < 4.78 is 5.30. The molecular weight excluding hydrogens is 204 g/mol. The highest BCUT2D eigenvalue weighted by Crippen LogP contribution is 2.42. The van der Waals surface area contributed by atoms with Crippen molar-refractivity contribution in [1.82, 2.24) is 9.80 Å². The Morgan fingerprint density at radius 2 is 1.88 bits per heavy atom. The van der Waals surface area contributed by atoms with E-state index in [9.17, 15) is 4.79 Å². The number of hydrogen-bond acceptors (Lipinski definition) is 4. The molecule has 0 unspecified atom stereocenters. The molecule has 0 N–H and O–H groups in total. The van der Waals surface area contributed by atoms with E-state index in [-0.39, 0.29) is 5.78 Å². The van der Waals surface area contributed by atoms with Crippen molar-refractivity contribution in [3.05, 3.63) is 0 Å². The number of methoxy groups -OCH3 is 1. The molecule has 1 aliphatic heterocycles. The van der Waals surface area contributed by atoms with Crippen molar-refractivity contribution in [3.63, 3.8) is 0 Å². The number of piperazine rings is 1. The molecule has 2 fully saturated rings. The van der Waals surface area contributed by atoms with E-state index in [0.29, 0.717) is 12.1 Å². The predicted molar refractivity (Wildman–Crippen MR) is 62.5 cm³/mol. The zero-order valence-corrected chi connectivity index (χ0v) is 10.4. The number of ether oxygens (including phenoxy) is 1. The summed E-state index contributed by atoms with van der Waals surface area (Å²) in [6.45, 7) is 7.34. The van der Waals surface area contributed by atoms with Crippen LogP contribution in [0.25, 0.3) is 0 Å². The fraction of sp³-hybridized carbons (Fsp3) is 0.917. The van der Waals surface area contributed by atoms with Gasteiger partial charge < -0.3 is 4.74 Å². The van der Waals surface area contributed by atoms with E-state index in [2.05, 4.69) is 9.80 Å². The molecule has 1 heterocycles. The molecule has 0 aromatic carbocycles. The number of rotatable bonds is 5. The summed E-state index contributed by atoms with van der Waals surface area (Å²) in [5.41, 5.74) is 0.344. The fourth-order valence-corrected chi connectivity index (χ4v) is 2.66. The van der Waals surface area contributed by atoms with Crippen LogP contribution in [0, 0.1) is 0 Å². The zero-order valence-electron chi connectivity index (χ0n) is 10.4. The third kappa shape index (κ3) is 2.62. The van der Waals surface area contributed by atoms with Gasteiger partial charge in [0.2, 0.25) is 0 Å². The van der Waals surface area contributed by atoms with Gasteiger partial charge in [-0.15, -0.1) is 0 Å². The Morgan fingerprint density at radius 3 is 2.31 bits per heavy atom. The summed E-state index contributed by atoms with van der Waals surface area (Å²) in [5.74, 6) is 0.270. The molecular formula is C12H22N2O2. The van der Waals surface area contributed by atoms with Gasteiger partial charge in [-0.3, -0.25) is 14.6 Å². The van der Waals surface area contributed by atoms with Gasteiger partial charge in [-0.1, -0.05) is 0 Å². The van der Waals surface area contributed by atoms with Crippen LogP contribution in [0.15, 0.2) is 0 Å². The van der Waals surface area contributed by atoms with Gasteiger partial charge in [-0.25, -0.2) is 0 Å². The van der Waals surface area contributed by atoms with Gasteiger partial charge in [0.1, 0.15) is 5.78 Å². The van der Waals surface area contributed by atoms with Gasteiger partial charge in [0, 0.05) is 38.8 Å². The van der Waals surface area contributed by atoms with Crippen molar-refractivity contribution in [2.45, 2.75) is 25.3 Å². The van der Waals surface area contributed by atoms with Crippen LogP contribution in [0.2, 0.25) is 0 Å². The van der Waals surface area contributed by atoms with Crippen LogP contribution < -0.4 is 0 Å². The minimum atomic E-state index is 0.270. The first-order chi connectivity index (χ1) is 7.66. The number of ketones is 1. The molecule has 0 radical (unpaired) electrons. The summed E-state index contributed by atoms with van der Waals surface area (Å²) in [4.78, 5) is 15.8. The molecule has 1 saturated carbocycles. The third-order valence-electron chi connectivity index (χ3n) is 3.73. The van der Waals surface area contributed by atoms with E-state index < -0.39 is 0 Å². The van der Waals surface area contributed by atoms with Crippen molar-refractivity contribution in [2.24, 2.45) is 0 Å². The molecule has 1 saturated heterocycles. The maximum absolute atomic E-state index is 11.0. The lowest BCUT2D eigenvalue weighted by atomic mass is 10.2. The first kappa shape index (κ1) is 12.0. The Labute approximate surface area is 97.5 Å². The molecule has 0 atom stereocenters. The van der Waals surface area contributed by atoms with Gasteiger partial charge in [-0.05, 0) is 19.8 Å². The summed E-state index contributed by atoms with van der Waals surface area (Å²) in [7, 11) is 1.78. The molecule has 0 aromatic heterocycles. The van der Waals surface area contributed by atoms with E-state index in [0.717, 1.165) is 32.8 Å². The molecule has 92 valence electrons. The Bertz CT molecular complexity index is 256. The smallest absolute Gasteiger partial charge is 0.143 e. The molecule has 2 aliphatic rings. The van der Waals surface area contributed by atoms with Gasteiger partial charge in [0.15, 0.2) is 0 Å². The van der Waals surface area contributed by atoms with E-state index in [4.69, 9.17) is 4.74 Å². The van der Waals surface area contributed by atoms with E-state index in [1.807, 2.05) is 0 Å². The van der Waals surface area contributed by atoms with E-state index >= 15 is 0 Å². The molecule has 2 rings (SSSR count). The van der Waals surface area contributed by atoms with Crippen LogP contribution >= 0.6 is 0 Å². The summed E-state index contributed by atoms with van der Waals surface area (Å²) in [5, 5.41) is 0. The monoisotopic (exact) mass is 226 g/mol. The van der Waals surface area contributed by atoms with Crippen molar-refractivity contribution in [3.8, 4) is 0 Å². The van der Waals surface area contributed by atoms with Crippen LogP contribution in [-0.2, 0) is 9.53 Å². The van der Waals surface area contributed by atoms with Crippen molar-refractivity contribution in [2.75, 3.05) is 46.4 Å². The lowest BCUT2D eigenvalue weighted by Crippen LogP contribution is -2.53. The number of carbonyl (C=O) groups excluding carboxylic acids is 1. The largest absolute Gasteiger partial charge is 0.383 e. The molecule has 0 bridgehead atoms. The van der Waals surface area contributed by atoms with E-state index in [1.54, 1.807) is 14.0 Å². The summed E-state index contributed by atoms with van der Waals surface area (Å²) in [6, 6.07) is 0. The zero-order chi connectivity index (χ0) is 11.6. The van der Waals surface area contributed by atoms with E-state index in [1.165, 1.54) is 12.8 Å². The predicted octanol–water partition coefficient (Wildman–Crippen LogP) is 0.372. The van der Waals surface area contributed by atoms with Gasteiger partial charge in [-0.2, -0.15) is 0 Å². The molecule has 4 heteroatoms. The Balaban J connectivity index is 1.79. The minimum absolute atomic E-state index is 0.270. The third-order valence-corrected chi connectivity index (χ3v) is 3.73. The fourth-order valence-electron chi connectivity index (χ4n) is 2.66. The van der Waals surface area contributed by atoms with Gasteiger partial charge >= 0.3 is 0 Å². The topological polar surface area (TPSA) is 32.8 Å². The molecule has 0 amide bonds. The number of carbonyl (C=O) groups is 1. The SMILES string of the molecule is COCC1(N2CCN(CC(C)=O)CC2)CC1. The maximum Gasteiger partial charge on any atom is 0.143 e. The van der Waals surface area contributed by atoms with Crippen LogP contribution in [0.5, 0.6) is 0 Å². The second-order valence-electron chi connectivity index (χ2n) is 5.12. The quantitative estimate of drug-likeness (QED) is 0.678. The average Bonchev–Trinajstić information content (AvgIpc) is 2.99. The highest BCUT2D eigenvalue weighted by molar-refractivity contribution is 5.77. The molecule has 16 heavy (non-hydrogen) atoms. The van der Waals surface area contributed by atoms with Crippen LogP contribution in [-0.4, -0.2) is 67.6 Å². The first-order valence-electron chi connectivity index (χ1n) is 6.12. The number of Topliss-reactive ketones (excluding diaryl/α,β-unsaturated/α-hetero) is 1. The highest BCUT2D eigenvalue weighted by atomic mass is 16.5. The summed E-state index contributed by atoms with van der Waals surface area (Å²) >= 11 is 0. The maximum atomic E-state index is 11.0. The molecule has 1 aliphatic carbocycles. The molecule has 0 aromatic rings. The number of hydrogen-bond donors (Lipinski definition) is 0. The van der Waals surface area contributed by atoms with Crippen LogP contribution in [0.1, 0.15) is 19.8 Å². The Morgan fingerprint density at radius 1 is 1.25 bits per heavy atom. The lowest BCUT2D eigenvalue weighted by Gasteiger charge is -2.39. The second kappa shape index (κ2) is 4.82. The van der Waals surface area contributed by atoms with Crippen molar-refractivity contribution >= 4 is 5.78 Å². The first-order valence-corrected chi connectivity index (χ1v) is 6.12. The van der Waals surface area contributed by atoms with Gasteiger partial charge in [0.05, 0.1) is 13.2 Å². The average molecular weight is 226 g/mol. The van der Waals surface area contributed by atoms with Gasteiger partial charge in [0.25, 0.3) is 0 Å². The molecule has 4 nitrogen and oxygen atoms in total. The summed E-state index contributed by atoms with van der Waals surface area (Å²) in [6.07, 6.45) is 2.54. The van der Waals surface area contributed by atoms with Crippen LogP contribution in [0.3, 0.4) is 0 Å². The Hall–Kier alpha value is -0.450. The second-order valence-corrected chi connectivity index (χ2v) is 5.12. The molecule has 0 spiro atoms. The van der Waals surface area contributed by atoms with Crippen molar-refractivity contribution < 1.29 is 9.53 Å².